The predicted octanol–water partition coefficient (Wildman–Crippen LogP) is 2.60. The van der Waals surface area contributed by atoms with Crippen LogP contribution in [0.4, 0.5) is 4.39 Å². The normalized spacial score (nSPS) is 12.6. The van der Waals surface area contributed by atoms with E-state index in [-0.39, 0.29) is 11.9 Å². The van der Waals surface area contributed by atoms with Gasteiger partial charge in [0.15, 0.2) is 5.82 Å². The standard InChI is InChI=1S/C13H16FN3O/c1-2-5-11(15)13-16-12(17-18-13)8-9-6-3-4-7-10(9)14/h3-4,6-7,11H,2,5,8,15H2,1H3/t11-/m0/s1. The zero-order valence-corrected chi connectivity index (χ0v) is 10.3. The highest BCUT2D eigenvalue weighted by Gasteiger charge is 2.14. The third-order valence-corrected chi connectivity index (χ3v) is 2.71. The van der Waals surface area contributed by atoms with Crippen molar-refractivity contribution in [2.75, 3.05) is 0 Å². The third-order valence-electron chi connectivity index (χ3n) is 2.71. The van der Waals surface area contributed by atoms with Crippen LogP contribution in [-0.2, 0) is 6.42 Å². The summed E-state index contributed by atoms with van der Waals surface area (Å²) in [4.78, 5) is 4.20. The second-order valence-electron chi connectivity index (χ2n) is 4.21. The minimum atomic E-state index is -0.262. The lowest BCUT2D eigenvalue weighted by atomic mass is 10.1. The van der Waals surface area contributed by atoms with E-state index in [1.165, 1.54) is 6.07 Å². The lowest BCUT2D eigenvalue weighted by Gasteiger charge is -2.02. The summed E-state index contributed by atoms with van der Waals surface area (Å²) in [5.41, 5.74) is 6.42. The first-order chi connectivity index (χ1) is 8.70. The van der Waals surface area contributed by atoms with E-state index in [0.29, 0.717) is 23.7 Å². The van der Waals surface area contributed by atoms with E-state index in [1.807, 2.05) is 6.92 Å². The van der Waals surface area contributed by atoms with Crippen LogP contribution in [0.1, 0.15) is 43.1 Å². The van der Waals surface area contributed by atoms with Crippen LogP contribution in [0.2, 0.25) is 0 Å². The maximum Gasteiger partial charge on any atom is 0.243 e. The molecule has 0 fully saturated rings. The Morgan fingerprint density at radius 2 is 2.17 bits per heavy atom. The third kappa shape index (κ3) is 2.92. The first-order valence-electron chi connectivity index (χ1n) is 6.02. The monoisotopic (exact) mass is 249 g/mol. The number of benzene rings is 1. The fourth-order valence-corrected chi connectivity index (χ4v) is 1.74. The van der Waals surface area contributed by atoms with Gasteiger partial charge in [0.2, 0.25) is 5.89 Å². The Bertz CT molecular complexity index is 512. The molecule has 0 aliphatic heterocycles. The van der Waals surface area contributed by atoms with Crippen molar-refractivity contribution in [3.05, 3.63) is 47.4 Å². The number of halogens is 1. The van der Waals surface area contributed by atoms with Gasteiger partial charge in [-0.15, -0.1) is 0 Å². The summed E-state index contributed by atoms with van der Waals surface area (Å²) in [6.07, 6.45) is 2.06. The highest BCUT2D eigenvalue weighted by atomic mass is 19.1. The molecule has 1 aromatic carbocycles. The molecule has 0 radical (unpaired) electrons. The summed E-state index contributed by atoms with van der Waals surface area (Å²) in [5, 5.41) is 3.82. The summed E-state index contributed by atoms with van der Waals surface area (Å²) in [6.45, 7) is 2.04. The van der Waals surface area contributed by atoms with E-state index >= 15 is 0 Å². The SMILES string of the molecule is CCC[C@H](N)c1nc(Cc2ccccc2F)no1. The van der Waals surface area contributed by atoms with Crippen molar-refractivity contribution in [1.82, 2.24) is 10.1 Å². The molecule has 4 nitrogen and oxygen atoms in total. The van der Waals surface area contributed by atoms with Gasteiger partial charge in [-0.1, -0.05) is 36.7 Å². The maximum atomic E-state index is 13.5. The van der Waals surface area contributed by atoms with Crippen LogP contribution in [0.3, 0.4) is 0 Å². The molecule has 0 spiro atoms. The summed E-state index contributed by atoms with van der Waals surface area (Å²) in [7, 11) is 0. The van der Waals surface area contributed by atoms with Crippen LogP contribution in [0.15, 0.2) is 28.8 Å². The van der Waals surface area contributed by atoms with Crippen LogP contribution in [-0.4, -0.2) is 10.1 Å². The van der Waals surface area contributed by atoms with Crippen LogP contribution in [0.5, 0.6) is 0 Å². The van der Waals surface area contributed by atoms with Crippen LogP contribution < -0.4 is 5.73 Å². The summed E-state index contributed by atoms with van der Waals surface area (Å²) in [6, 6.07) is 6.31. The molecule has 2 N–H and O–H groups in total. The molecule has 0 unspecified atom stereocenters. The van der Waals surface area contributed by atoms with Crippen LogP contribution in [0.25, 0.3) is 0 Å². The number of nitrogens with two attached hydrogens (primary N) is 1. The van der Waals surface area contributed by atoms with Crippen molar-refractivity contribution in [3.63, 3.8) is 0 Å². The van der Waals surface area contributed by atoms with Gasteiger partial charge < -0.3 is 10.3 Å². The molecule has 1 atom stereocenters. The minimum Gasteiger partial charge on any atom is -0.338 e. The zero-order chi connectivity index (χ0) is 13.0. The molecule has 0 saturated heterocycles. The van der Waals surface area contributed by atoms with E-state index in [2.05, 4.69) is 10.1 Å². The molecule has 0 saturated carbocycles. The van der Waals surface area contributed by atoms with E-state index in [1.54, 1.807) is 18.2 Å². The Morgan fingerprint density at radius 1 is 1.39 bits per heavy atom. The Balaban J connectivity index is 2.09. The van der Waals surface area contributed by atoms with E-state index in [0.717, 1.165) is 12.8 Å². The Morgan fingerprint density at radius 3 is 2.89 bits per heavy atom. The molecule has 2 rings (SSSR count). The Labute approximate surface area is 105 Å². The fourth-order valence-electron chi connectivity index (χ4n) is 1.74. The molecule has 0 aliphatic rings. The van der Waals surface area contributed by atoms with Gasteiger partial charge in [-0.3, -0.25) is 0 Å². The molecule has 18 heavy (non-hydrogen) atoms. The largest absolute Gasteiger partial charge is 0.338 e. The molecule has 96 valence electrons. The maximum absolute atomic E-state index is 13.5. The van der Waals surface area contributed by atoms with Crippen molar-refractivity contribution in [1.29, 1.82) is 0 Å². The minimum absolute atomic E-state index is 0.239. The second kappa shape index (κ2) is 5.73. The number of aromatic nitrogens is 2. The quantitative estimate of drug-likeness (QED) is 0.884. The summed E-state index contributed by atoms with van der Waals surface area (Å²) < 4.78 is 18.5. The number of nitrogens with zero attached hydrogens (tertiary/aromatic N) is 2. The van der Waals surface area contributed by atoms with Gasteiger partial charge in [0.05, 0.1) is 6.04 Å². The molecular formula is C13H16FN3O. The van der Waals surface area contributed by atoms with Crippen molar-refractivity contribution >= 4 is 0 Å². The molecule has 0 amide bonds. The molecule has 5 heteroatoms. The number of hydrogen-bond acceptors (Lipinski definition) is 4. The summed E-state index contributed by atoms with van der Waals surface area (Å²) in [5.74, 6) is 0.617. The predicted molar refractivity (Wildman–Crippen MR) is 65.3 cm³/mol. The number of rotatable bonds is 5. The van der Waals surface area contributed by atoms with Crippen molar-refractivity contribution in [2.24, 2.45) is 5.73 Å². The highest BCUT2D eigenvalue weighted by molar-refractivity contribution is 5.20. The summed E-state index contributed by atoms with van der Waals surface area (Å²) >= 11 is 0. The molecule has 1 heterocycles. The molecule has 0 aliphatic carbocycles. The van der Waals surface area contributed by atoms with Gasteiger partial charge in [0.1, 0.15) is 5.82 Å². The van der Waals surface area contributed by atoms with Gasteiger partial charge >= 0.3 is 0 Å². The smallest absolute Gasteiger partial charge is 0.243 e. The van der Waals surface area contributed by atoms with Gasteiger partial charge in [0, 0.05) is 6.42 Å². The van der Waals surface area contributed by atoms with Gasteiger partial charge in [-0.25, -0.2) is 4.39 Å². The Kier molecular flexibility index (Phi) is 4.04. The van der Waals surface area contributed by atoms with Gasteiger partial charge in [0.25, 0.3) is 0 Å². The molecule has 2 aromatic rings. The average Bonchev–Trinajstić information content (AvgIpc) is 2.81. The van der Waals surface area contributed by atoms with Crippen molar-refractivity contribution < 1.29 is 8.91 Å². The topological polar surface area (TPSA) is 64.9 Å². The first-order valence-corrected chi connectivity index (χ1v) is 6.02. The van der Waals surface area contributed by atoms with Crippen LogP contribution >= 0.6 is 0 Å². The zero-order valence-electron chi connectivity index (χ0n) is 10.3. The van der Waals surface area contributed by atoms with E-state index in [9.17, 15) is 4.39 Å². The number of hydrogen-bond donors (Lipinski definition) is 1. The van der Waals surface area contributed by atoms with Crippen molar-refractivity contribution in [3.8, 4) is 0 Å². The van der Waals surface area contributed by atoms with E-state index < -0.39 is 0 Å². The first kappa shape index (κ1) is 12.7. The van der Waals surface area contributed by atoms with E-state index in [4.69, 9.17) is 10.3 Å². The molecular weight excluding hydrogens is 233 g/mol. The fraction of sp³-hybridized carbons (Fsp3) is 0.385. The lowest BCUT2D eigenvalue weighted by molar-refractivity contribution is 0.344. The average molecular weight is 249 g/mol. The van der Waals surface area contributed by atoms with Crippen molar-refractivity contribution in [2.45, 2.75) is 32.2 Å². The highest BCUT2D eigenvalue weighted by Crippen LogP contribution is 2.15. The Hall–Kier alpha value is -1.75. The second-order valence-corrected chi connectivity index (χ2v) is 4.21. The molecule has 0 bridgehead atoms. The molecule has 1 aromatic heterocycles. The van der Waals surface area contributed by atoms with Gasteiger partial charge in [-0.2, -0.15) is 4.98 Å². The lowest BCUT2D eigenvalue weighted by Crippen LogP contribution is -2.10. The van der Waals surface area contributed by atoms with Crippen LogP contribution in [0, 0.1) is 5.82 Å². The van der Waals surface area contributed by atoms with Gasteiger partial charge in [-0.05, 0) is 18.1 Å².